The number of aromatic amines is 1. The molecule has 0 saturated carbocycles. The Morgan fingerprint density at radius 2 is 1.71 bits per heavy atom. The van der Waals surface area contributed by atoms with Gasteiger partial charge in [-0.05, 0) is 37.3 Å². The summed E-state index contributed by atoms with van der Waals surface area (Å²) >= 11 is 1.64. The molecule has 0 radical (unpaired) electrons. The van der Waals surface area contributed by atoms with Gasteiger partial charge in [0.25, 0.3) is 0 Å². The van der Waals surface area contributed by atoms with E-state index in [2.05, 4.69) is 15.0 Å². The Hall–Kier alpha value is -2.99. The van der Waals surface area contributed by atoms with Gasteiger partial charge in [-0.15, -0.1) is 0 Å². The van der Waals surface area contributed by atoms with E-state index in [1.54, 1.807) is 18.0 Å². The van der Waals surface area contributed by atoms with E-state index in [4.69, 9.17) is 9.47 Å². The van der Waals surface area contributed by atoms with Crippen molar-refractivity contribution < 1.29 is 9.47 Å². The molecule has 4 aromatic rings. The summed E-state index contributed by atoms with van der Waals surface area (Å²) in [6.07, 6.45) is 1.79. The summed E-state index contributed by atoms with van der Waals surface area (Å²) in [5.74, 6) is 2.41. The van der Waals surface area contributed by atoms with Crippen LogP contribution in [0.15, 0.2) is 72.0 Å². The normalized spacial score (nSPS) is 10.9. The fourth-order valence-electron chi connectivity index (χ4n) is 2.82. The third-order valence-corrected chi connectivity index (χ3v) is 5.21. The quantitative estimate of drug-likeness (QED) is 0.338. The van der Waals surface area contributed by atoms with Crippen LogP contribution in [0.2, 0.25) is 0 Å². The molecule has 0 aliphatic heterocycles. The van der Waals surface area contributed by atoms with Gasteiger partial charge < -0.3 is 14.5 Å². The van der Waals surface area contributed by atoms with Gasteiger partial charge in [-0.1, -0.05) is 42.1 Å². The Labute approximate surface area is 168 Å². The minimum absolute atomic E-state index is 0.482. The molecule has 5 nitrogen and oxygen atoms in total. The van der Waals surface area contributed by atoms with Gasteiger partial charge >= 0.3 is 0 Å². The van der Waals surface area contributed by atoms with Crippen LogP contribution >= 0.6 is 11.8 Å². The second kappa shape index (κ2) is 8.80. The molecule has 4 rings (SSSR count). The van der Waals surface area contributed by atoms with Gasteiger partial charge in [0.15, 0.2) is 5.16 Å². The van der Waals surface area contributed by atoms with Gasteiger partial charge in [-0.2, -0.15) is 0 Å². The van der Waals surface area contributed by atoms with Crippen LogP contribution in [0.5, 0.6) is 11.5 Å². The summed E-state index contributed by atoms with van der Waals surface area (Å²) in [6, 6.07) is 19.7. The van der Waals surface area contributed by atoms with E-state index in [0.717, 1.165) is 44.7 Å². The maximum atomic E-state index is 5.90. The first-order chi connectivity index (χ1) is 13.8. The molecule has 0 unspecified atom stereocenters. The molecule has 2 aromatic heterocycles. The SMILES string of the molecule is Cc1c(OCCOc2ccccc2)ccnc1CSc1nc2ccccc2[nH]1. The van der Waals surface area contributed by atoms with Crippen molar-refractivity contribution in [2.24, 2.45) is 0 Å². The van der Waals surface area contributed by atoms with Crippen LogP contribution in [-0.4, -0.2) is 28.2 Å². The first-order valence-electron chi connectivity index (χ1n) is 9.12. The number of pyridine rings is 1. The average molecular weight is 391 g/mol. The van der Waals surface area contributed by atoms with E-state index in [-0.39, 0.29) is 0 Å². The number of ether oxygens (including phenoxy) is 2. The highest BCUT2D eigenvalue weighted by Gasteiger charge is 2.09. The molecule has 0 atom stereocenters. The number of aromatic nitrogens is 3. The van der Waals surface area contributed by atoms with Crippen LogP contribution < -0.4 is 9.47 Å². The smallest absolute Gasteiger partial charge is 0.166 e. The number of benzene rings is 2. The Kier molecular flexibility index (Phi) is 5.77. The van der Waals surface area contributed by atoms with Crippen molar-refractivity contribution >= 4 is 22.8 Å². The van der Waals surface area contributed by atoms with E-state index in [9.17, 15) is 0 Å². The first-order valence-corrected chi connectivity index (χ1v) is 10.1. The van der Waals surface area contributed by atoms with E-state index in [1.165, 1.54) is 0 Å². The van der Waals surface area contributed by atoms with Crippen molar-refractivity contribution in [1.29, 1.82) is 0 Å². The summed E-state index contributed by atoms with van der Waals surface area (Å²) in [4.78, 5) is 12.4. The Bertz CT molecular complexity index is 1020. The molecule has 0 bridgehead atoms. The second-order valence-corrected chi connectivity index (χ2v) is 7.20. The lowest BCUT2D eigenvalue weighted by Gasteiger charge is -2.12. The third kappa shape index (κ3) is 4.46. The molecule has 2 aromatic carbocycles. The molecule has 142 valence electrons. The lowest BCUT2D eigenvalue weighted by atomic mass is 10.2. The minimum atomic E-state index is 0.482. The summed E-state index contributed by atoms with van der Waals surface area (Å²) < 4.78 is 11.6. The van der Waals surface area contributed by atoms with Crippen molar-refractivity contribution in [3.63, 3.8) is 0 Å². The highest BCUT2D eigenvalue weighted by Crippen LogP contribution is 2.27. The Morgan fingerprint density at radius 3 is 2.57 bits per heavy atom. The Balaban J connectivity index is 1.33. The number of hydrogen-bond acceptors (Lipinski definition) is 5. The van der Waals surface area contributed by atoms with E-state index in [0.29, 0.717) is 13.2 Å². The fraction of sp³-hybridized carbons (Fsp3) is 0.182. The molecule has 6 heteroatoms. The number of fused-ring (bicyclic) bond motifs is 1. The van der Waals surface area contributed by atoms with Gasteiger partial charge in [-0.25, -0.2) is 4.98 Å². The molecular weight excluding hydrogens is 370 g/mol. The van der Waals surface area contributed by atoms with E-state index in [1.807, 2.05) is 67.6 Å². The number of nitrogens with zero attached hydrogens (tertiary/aromatic N) is 2. The zero-order valence-corrected chi connectivity index (χ0v) is 16.4. The molecule has 0 saturated heterocycles. The second-order valence-electron chi connectivity index (χ2n) is 6.24. The molecule has 28 heavy (non-hydrogen) atoms. The topological polar surface area (TPSA) is 60.0 Å². The van der Waals surface area contributed by atoms with Gasteiger partial charge in [-0.3, -0.25) is 4.98 Å². The van der Waals surface area contributed by atoms with E-state index < -0.39 is 0 Å². The van der Waals surface area contributed by atoms with Crippen LogP contribution in [-0.2, 0) is 5.75 Å². The number of imidazole rings is 1. The molecule has 0 fully saturated rings. The van der Waals surface area contributed by atoms with Crippen LogP contribution in [0.3, 0.4) is 0 Å². The zero-order chi connectivity index (χ0) is 19.2. The average Bonchev–Trinajstić information content (AvgIpc) is 3.15. The third-order valence-electron chi connectivity index (χ3n) is 4.32. The fourth-order valence-corrected chi connectivity index (χ4v) is 3.73. The lowest BCUT2D eigenvalue weighted by molar-refractivity contribution is 0.216. The summed E-state index contributed by atoms with van der Waals surface area (Å²) in [5, 5.41) is 0.894. The largest absolute Gasteiger partial charge is 0.490 e. The summed E-state index contributed by atoms with van der Waals surface area (Å²) in [5.41, 5.74) is 4.06. The summed E-state index contributed by atoms with van der Waals surface area (Å²) in [7, 11) is 0. The van der Waals surface area contributed by atoms with Crippen molar-refractivity contribution in [3.05, 3.63) is 78.1 Å². The molecule has 0 aliphatic rings. The zero-order valence-electron chi connectivity index (χ0n) is 15.6. The minimum Gasteiger partial charge on any atom is -0.490 e. The van der Waals surface area contributed by atoms with Crippen molar-refractivity contribution in [2.75, 3.05) is 13.2 Å². The predicted octanol–water partition coefficient (Wildman–Crippen LogP) is 5.02. The van der Waals surface area contributed by atoms with Crippen LogP contribution in [0.4, 0.5) is 0 Å². The number of H-pyrrole nitrogens is 1. The summed E-state index contributed by atoms with van der Waals surface area (Å²) in [6.45, 7) is 3.01. The maximum Gasteiger partial charge on any atom is 0.166 e. The number of rotatable bonds is 8. The van der Waals surface area contributed by atoms with Gasteiger partial charge in [0, 0.05) is 17.5 Å². The van der Waals surface area contributed by atoms with Crippen LogP contribution in [0.1, 0.15) is 11.3 Å². The van der Waals surface area contributed by atoms with Gasteiger partial charge in [0.05, 0.1) is 16.7 Å². The van der Waals surface area contributed by atoms with Crippen LogP contribution in [0.25, 0.3) is 11.0 Å². The number of para-hydroxylation sites is 3. The number of nitrogens with one attached hydrogen (secondary N) is 1. The van der Waals surface area contributed by atoms with Crippen molar-refractivity contribution in [2.45, 2.75) is 17.8 Å². The van der Waals surface area contributed by atoms with E-state index >= 15 is 0 Å². The predicted molar refractivity (Wildman–Crippen MR) is 112 cm³/mol. The van der Waals surface area contributed by atoms with Gasteiger partial charge in [0.1, 0.15) is 24.7 Å². The molecule has 1 N–H and O–H groups in total. The molecular formula is C22H21N3O2S. The monoisotopic (exact) mass is 391 g/mol. The standard InChI is InChI=1S/C22H21N3O2S/c1-16-20(15-28-22-24-18-9-5-6-10-19(18)25-22)23-12-11-21(16)27-14-13-26-17-7-3-2-4-8-17/h2-12H,13-15H2,1H3,(H,24,25). The Morgan fingerprint density at radius 1 is 0.929 bits per heavy atom. The number of thioether (sulfide) groups is 1. The highest BCUT2D eigenvalue weighted by atomic mass is 32.2. The number of hydrogen-bond donors (Lipinski definition) is 1. The lowest BCUT2D eigenvalue weighted by Crippen LogP contribution is -2.10. The molecule has 2 heterocycles. The van der Waals surface area contributed by atoms with Crippen molar-refractivity contribution in [1.82, 2.24) is 15.0 Å². The highest BCUT2D eigenvalue weighted by molar-refractivity contribution is 7.98. The van der Waals surface area contributed by atoms with Crippen molar-refractivity contribution in [3.8, 4) is 11.5 Å². The van der Waals surface area contributed by atoms with Gasteiger partial charge in [0.2, 0.25) is 0 Å². The molecule has 0 spiro atoms. The molecule has 0 aliphatic carbocycles. The molecule has 0 amide bonds. The maximum absolute atomic E-state index is 5.90. The first kappa shape index (κ1) is 18.4. The van der Waals surface area contributed by atoms with Crippen LogP contribution in [0, 0.1) is 6.92 Å².